The number of aliphatic hydroxyl groups excluding tert-OH is 1. The predicted octanol–water partition coefficient (Wildman–Crippen LogP) is 4.49. The first kappa shape index (κ1) is 21.1. The van der Waals surface area contributed by atoms with Crippen LogP contribution in [-0.2, 0) is 13.9 Å². The summed E-state index contributed by atoms with van der Waals surface area (Å²) in [5.74, 6) is 0.364. The molecule has 5 unspecified atom stereocenters. The van der Waals surface area contributed by atoms with Crippen LogP contribution in [0.2, 0.25) is 18.1 Å². The molecule has 1 saturated carbocycles. The van der Waals surface area contributed by atoms with Crippen LogP contribution in [0, 0.1) is 11.8 Å². The van der Waals surface area contributed by atoms with Crippen molar-refractivity contribution in [2.24, 2.45) is 11.8 Å². The van der Waals surface area contributed by atoms with Gasteiger partial charge in [-0.05, 0) is 49.7 Å². The Morgan fingerprint density at radius 3 is 2.52 bits per heavy atom. The second-order valence-electron chi connectivity index (χ2n) is 9.20. The van der Waals surface area contributed by atoms with E-state index in [1.807, 2.05) is 6.08 Å². The van der Waals surface area contributed by atoms with Crippen molar-refractivity contribution in [1.29, 1.82) is 0 Å². The third-order valence-electron chi connectivity index (χ3n) is 6.34. The molecule has 1 heterocycles. The molecule has 2 fully saturated rings. The number of aliphatic hydroxyl groups is 1. The normalized spacial score (nSPS) is 34.2. The van der Waals surface area contributed by atoms with Crippen LogP contribution in [0.5, 0.6) is 0 Å². The van der Waals surface area contributed by atoms with Crippen LogP contribution in [-0.4, -0.2) is 45.1 Å². The quantitative estimate of drug-likeness (QED) is 0.530. The molecule has 5 heteroatoms. The minimum absolute atomic E-state index is 0.00724. The molecule has 0 spiro atoms. The van der Waals surface area contributed by atoms with Gasteiger partial charge in [-0.15, -0.1) is 6.58 Å². The van der Waals surface area contributed by atoms with Crippen LogP contribution >= 0.6 is 0 Å². The maximum Gasteiger partial charge on any atom is 0.191 e. The van der Waals surface area contributed by atoms with Crippen molar-refractivity contribution in [2.75, 3.05) is 13.2 Å². The summed E-state index contributed by atoms with van der Waals surface area (Å²) in [6.07, 6.45) is 6.14. The largest absolute Gasteiger partial charge is 0.416 e. The van der Waals surface area contributed by atoms with Crippen molar-refractivity contribution in [2.45, 2.75) is 89.5 Å². The zero-order chi connectivity index (χ0) is 18.7. The number of ether oxygens (including phenoxy) is 2. The van der Waals surface area contributed by atoms with E-state index in [0.717, 1.165) is 32.3 Å². The zero-order valence-electron chi connectivity index (χ0n) is 16.8. The lowest BCUT2D eigenvalue weighted by Crippen LogP contribution is -2.44. The van der Waals surface area contributed by atoms with Crippen molar-refractivity contribution < 1.29 is 19.0 Å². The average molecular weight is 371 g/mol. The third-order valence-corrected chi connectivity index (χ3v) is 10.8. The van der Waals surface area contributed by atoms with E-state index < -0.39 is 8.32 Å². The smallest absolute Gasteiger partial charge is 0.191 e. The molecule has 0 aromatic heterocycles. The first-order chi connectivity index (χ1) is 11.7. The first-order valence-electron chi connectivity index (χ1n) is 9.85. The van der Waals surface area contributed by atoms with Gasteiger partial charge in [-0.25, -0.2) is 0 Å². The molecule has 0 bridgehead atoms. The van der Waals surface area contributed by atoms with Gasteiger partial charge in [-0.2, -0.15) is 0 Å². The summed E-state index contributed by atoms with van der Waals surface area (Å²) in [6, 6.07) is 0. The summed E-state index contributed by atoms with van der Waals surface area (Å²) in [6.45, 7) is 16.6. The second kappa shape index (κ2) is 8.66. The molecule has 4 nitrogen and oxygen atoms in total. The van der Waals surface area contributed by atoms with E-state index in [9.17, 15) is 5.11 Å². The Morgan fingerprint density at radius 1 is 1.24 bits per heavy atom. The van der Waals surface area contributed by atoms with E-state index in [2.05, 4.69) is 40.4 Å². The highest BCUT2D eigenvalue weighted by Gasteiger charge is 2.46. The van der Waals surface area contributed by atoms with Crippen molar-refractivity contribution in [3.63, 3.8) is 0 Å². The standard InChI is InChI=1S/C20H38O4Si/c1-7-10-15-16(14-23-25(5,6)20(2,3)4)18(13-17(15)21)24-19-11-8-9-12-22-19/h7,15-19,21H,1,8-14H2,2-6H3. The van der Waals surface area contributed by atoms with Gasteiger partial charge >= 0.3 is 0 Å². The number of allylic oxidation sites excluding steroid dienone is 1. The lowest BCUT2D eigenvalue weighted by atomic mass is 9.91. The Morgan fingerprint density at radius 2 is 1.96 bits per heavy atom. The SMILES string of the molecule is C=CCC1C(O)CC(OC2CCCCO2)C1CO[Si](C)(C)C(C)(C)C. The zero-order valence-corrected chi connectivity index (χ0v) is 17.8. The van der Waals surface area contributed by atoms with Gasteiger partial charge in [-0.1, -0.05) is 26.8 Å². The molecule has 1 aliphatic carbocycles. The van der Waals surface area contributed by atoms with Gasteiger partial charge in [0.05, 0.1) is 12.2 Å². The number of rotatable bonds is 7. The summed E-state index contributed by atoms with van der Waals surface area (Å²) in [7, 11) is -1.82. The maximum atomic E-state index is 10.6. The van der Waals surface area contributed by atoms with Crippen LogP contribution in [0.3, 0.4) is 0 Å². The first-order valence-corrected chi connectivity index (χ1v) is 12.8. The highest BCUT2D eigenvalue weighted by Crippen LogP contribution is 2.41. The minimum Gasteiger partial charge on any atom is -0.416 e. The molecule has 146 valence electrons. The monoisotopic (exact) mass is 370 g/mol. The fourth-order valence-corrected chi connectivity index (χ4v) is 4.64. The van der Waals surface area contributed by atoms with Gasteiger partial charge in [0.1, 0.15) is 0 Å². The Balaban J connectivity index is 2.04. The van der Waals surface area contributed by atoms with Crippen molar-refractivity contribution >= 4 is 8.32 Å². The molecular weight excluding hydrogens is 332 g/mol. The molecule has 25 heavy (non-hydrogen) atoms. The van der Waals surface area contributed by atoms with Gasteiger partial charge in [-0.3, -0.25) is 0 Å². The second-order valence-corrected chi connectivity index (χ2v) is 14.0. The average Bonchev–Trinajstić information content (AvgIpc) is 2.81. The maximum absolute atomic E-state index is 10.6. The molecule has 0 radical (unpaired) electrons. The van der Waals surface area contributed by atoms with Gasteiger partial charge in [0, 0.05) is 25.6 Å². The Kier molecular flexibility index (Phi) is 7.31. The third kappa shape index (κ3) is 5.39. The van der Waals surface area contributed by atoms with E-state index in [1.165, 1.54) is 0 Å². The summed E-state index contributed by atoms with van der Waals surface area (Å²) < 4.78 is 18.5. The molecular formula is C20H38O4Si. The number of hydrogen-bond donors (Lipinski definition) is 1. The molecule has 5 atom stereocenters. The van der Waals surface area contributed by atoms with Crippen LogP contribution < -0.4 is 0 Å². The molecule has 2 rings (SSSR count). The van der Waals surface area contributed by atoms with Crippen molar-refractivity contribution in [1.82, 2.24) is 0 Å². The van der Waals surface area contributed by atoms with E-state index >= 15 is 0 Å². The highest BCUT2D eigenvalue weighted by atomic mass is 28.4. The molecule has 1 N–H and O–H groups in total. The van der Waals surface area contributed by atoms with E-state index in [1.54, 1.807) is 0 Å². The summed E-state index contributed by atoms with van der Waals surface area (Å²) in [5, 5.41) is 10.7. The highest BCUT2D eigenvalue weighted by molar-refractivity contribution is 6.74. The summed E-state index contributed by atoms with van der Waals surface area (Å²) >= 11 is 0. The minimum atomic E-state index is -1.82. The number of hydrogen-bond acceptors (Lipinski definition) is 4. The van der Waals surface area contributed by atoms with Gasteiger partial charge in [0.2, 0.25) is 0 Å². The summed E-state index contributed by atoms with van der Waals surface area (Å²) in [4.78, 5) is 0. The Bertz CT molecular complexity index is 426. The van der Waals surface area contributed by atoms with Crippen LogP contribution in [0.15, 0.2) is 12.7 Å². The molecule has 1 aliphatic heterocycles. The van der Waals surface area contributed by atoms with E-state index in [-0.39, 0.29) is 35.4 Å². The molecule has 2 aliphatic rings. The lowest BCUT2D eigenvalue weighted by molar-refractivity contribution is -0.197. The Labute approximate surface area is 155 Å². The van der Waals surface area contributed by atoms with E-state index in [4.69, 9.17) is 13.9 Å². The van der Waals surface area contributed by atoms with Gasteiger partial charge in [0.15, 0.2) is 14.6 Å². The van der Waals surface area contributed by atoms with Gasteiger partial charge in [0.25, 0.3) is 0 Å². The topological polar surface area (TPSA) is 47.9 Å². The summed E-state index contributed by atoms with van der Waals surface area (Å²) in [5.41, 5.74) is 0. The molecule has 0 aromatic rings. The van der Waals surface area contributed by atoms with Crippen molar-refractivity contribution in [3.8, 4) is 0 Å². The van der Waals surface area contributed by atoms with Crippen LogP contribution in [0.25, 0.3) is 0 Å². The van der Waals surface area contributed by atoms with E-state index in [0.29, 0.717) is 13.0 Å². The Hall–Kier alpha value is -0.203. The fourth-order valence-electron chi connectivity index (χ4n) is 3.59. The molecule has 1 saturated heterocycles. The van der Waals surface area contributed by atoms with Crippen LogP contribution in [0.4, 0.5) is 0 Å². The predicted molar refractivity (Wildman–Crippen MR) is 104 cm³/mol. The fraction of sp³-hybridized carbons (Fsp3) is 0.900. The lowest BCUT2D eigenvalue weighted by Gasteiger charge is -2.38. The van der Waals surface area contributed by atoms with Crippen LogP contribution in [0.1, 0.15) is 52.9 Å². The van der Waals surface area contributed by atoms with Gasteiger partial charge < -0.3 is 19.0 Å². The van der Waals surface area contributed by atoms with Crippen molar-refractivity contribution in [3.05, 3.63) is 12.7 Å². The molecule has 0 aromatic carbocycles. The molecule has 0 amide bonds.